The Morgan fingerprint density at radius 3 is 2.63 bits per heavy atom. The van der Waals surface area contributed by atoms with Crippen LogP contribution < -0.4 is 0 Å². The summed E-state index contributed by atoms with van der Waals surface area (Å²) in [7, 11) is 0. The average Bonchev–Trinajstić information content (AvgIpc) is 2.85. The molecule has 0 aliphatic heterocycles. The minimum atomic E-state index is 0.205. The number of rotatable bonds is 3. The Morgan fingerprint density at radius 1 is 1.16 bits per heavy atom. The number of imidazole rings is 1. The van der Waals surface area contributed by atoms with Crippen LogP contribution in [0.5, 0.6) is 5.75 Å². The summed E-state index contributed by atoms with van der Waals surface area (Å²) in [5.74, 6) is 0.205. The second kappa shape index (κ2) is 4.76. The molecule has 0 amide bonds. The molecule has 0 atom stereocenters. The van der Waals surface area contributed by atoms with E-state index in [4.69, 9.17) is 0 Å². The highest BCUT2D eigenvalue weighted by molar-refractivity contribution is 5.65. The lowest BCUT2D eigenvalue weighted by atomic mass is 10.1. The van der Waals surface area contributed by atoms with Crippen LogP contribution in [0.4, 0.5) is 0 Å². The van der Waals surface area contributed by atoms with Crippen LogP contribution in [0.1, 0.15) is 18.9 Å². The first-order valence-corrected chi connectivity index (χ1v) is 6.54. The van der Waals surface area contributed by atoms with E-state index < -0.39 is 0 Å². The average molecular weight is 252 g/mol. The topological polar surface area (TPSA) is 37.5 Å². The van der Waals surface area contributed by atoms with Gasteiger partial charge in [-0.05, 0) is 24.1 Å². The molecule has 0 saturated heterocycles. The van der Waals surface area contributed by atoms with Gasteiger partial charge in [0.05, 0.1) is 5.69 Å². The van der Waals surface area contributed by atoms with Crippen molar-refractivity contribution in [2.75, 3.05) is 0 Å². The molecule has 0 bridgehead atoms. The predicted octanol–water partition coefficient (Wildman–Crippen LogP) is 3.66. The molecule has 0 aliphatic carbocycles. The first-order chi connectivity index (χ1) is 9.28. The molecule has 1 N–H and O–H groups in total. The highest BCUT2D eigenvalue weighted by atomic mass is 16.3. The van der Waals surface area contributed by atoms with Crippen molar-refractivity contribution in [3.63, 3.8) is 0 Å². The van der Waals surface area contributed by atoms with Gasteiger partial charge in [-0.25, -0.2) is 4.98 Å². The van der Waals surface area contributed by atoms with Gasteiger partial charge >= 0.3 is 0 Å². The smallest absolute Gasteiger partial charge is 0.180 e. The van der Waals surface area contributed by atoms with E-state index in [1.807, 2.05) is 16.8 Å². The summed E-state index contributed by atoms with van der Waals surface area (Å²) in [6.07, 6.45) is 6.08. The fourth-order valence-corrected chi connectivity index (χ4v) is 2.27. The quantitative estimate of drug-likeness (QED) is 0.772. The largest absolute Gasteiger partial charge is 0.504 e. The normalized spacial score (nSPS) is 11.0. The maximum atomic E-state index is 9.76. The lowest BCUT2D eigenvalue weighted by Gasteiger charge is -2.00. The van der Waals surface area contributed by atoms with Crippen molar-refractivity contribution in [2.45, 2.75) is 19.8 Å². The third-order valence-corrected chi connectivity index (χ3v) is 3.25. The summed E-state index contributed by atoms with van der Waals surface area (Å²) >= 11 is 0. The molecular formula is C16H16N2O. The lowest BCUT2D eigenvalue weighted by molar-refractivity contribution is 0.477. The molecule has 3 nitrogen and oxygen atoms in total. The van der Waals surface area contributed by atoms with E-state index >= 15 is 0 Å². The third kappa shape index (κ3) is 2.19. The molecule has 0 unspecified atom stereocenters. The summed E-state index contributed by atoms with van der Waals surface area (Å²) < 4.78 is 1.84. The number of pyridine rings is 1. The molecule has 3 heteroatoms. The summed E-state index contributed by atoms with van der Waals surface area (Å²) in [5.41, 5.74) is 3.89. The van der Waals surface area contributed by atoms with Crippen LogP contribution in [0.3, 0.4) is 0 Å². The number of hydrogen-bond donors (Lipinski definition) is 1. The van der Waals surface area contributed by atoms with Crippen LogP contribution >= 0.6 is 0 Å². The number of fused-ring (bicyclic) bond motifs is 1. The van der Waals surface area contributed by atoms with Gasteiger partial charge < -0.3 is 9.51 Å². The molecule has 0 radical (unpaired) electrons. The number of hydrogen-bond acceptors (Lipinski definition) is 2. The molecule has 2 heterocycles. The van der Waals surface area contributed by atoms with E-state index in [2.05, 4.69) is 36.2 Å². The van der Waals surface area contributed by atoms with Crippen LogP contribution in [-0.2, 0) is 6.42 Å². The van der Waals surface area contributed by atoms with Crippen LogP contribution in [0.15, 0.2) is 48.8 Å². The Bertz CT molecular complexity index is 698. The van der Waals surface area contributed by atoms with Crippen molar-refractivity contribution < 1.29 is 5.11 Å². The first kappa shape index (κ1) is 11.8. The van der Waals surface area contributed by atoms with Gasteiger partial charge in [-0.15, -0.1) is 0 Å². The van der Waals surface area contributed by atoms with Gasteiger partial charge in [0.25, 0.3) is 0 Å². The van der Waals surface area contributed by atoms with Gasteiger partial charge in [0.1, 0.15) is 0 Å². The fraction of sp³-hybridized carbons (Fsp3) is 0.188. The molecule has 0 spiro atoms. The minimum Gasteiger partial charge on any atom is -0.504 e. The van der Waals surface area contributed by atoms with E-state index in [9.17, 15) is 5.11 Å². The zero-order valence-electron chi connectivity index (χ0n) is 10.9. The third-order valence-electron chi connectivity index (χ3n) is 3.25. The molecule has 19 heavy (non-hydrogen) atoms. The maximum Gasteiger partial charge on any atom is 0.180 e. The van der Waals surface area contributed by atoms with Crippen LogP contribution in [0.2, 0.25) is 0 Å². The van der Waals surface area contributed by atoms with Gasteiger partial charge in [0, 0.05) is 18.0 Å². The van der Waals surface area contributed by atoms with Crippen molar-refractivity contribution in [2.24, 2.45) is 0 Å². The molecule has 0 fully saturated rings. The van der Waals surface area contributed by atoms with Crippen LogP contribution in [-0.4, -0.2) is 14.5 Å². The molecule has 3 aromatic rings. The summed E-state index contributed by atoms with van der Waals surface area (Å²) in [4.78, 5) is 4.47. The van der Waals surface area contributed by atoms with Crippen molar-refractivity contribution >= 4 is 5.65 Å². The zero-order valence-corrected chi connectivity index (χ0v) is 10.9. The Labute approximate surface area is 112 Å². The van der Waals surface area contributed by atoms with Gasteiger partial charge in [0.2, 0.25) is 0 Å². The van der Waals surface area contributed by atoms with E-state index in [-0.39, 0.29) is 5.75 Å². The molecule has 0 aliphatic rings. The van der Waals surface area contributed by atoms with Crippen LogP contribution in [0.25, 0.3) is 16.9 Å². The molecule has 0 saturated carbocycles. The fourth-order valence-electron chi connectivity index (χ4n) is 2.27. The van der Waals surface area contributed by atoms with Gasteiger partial charge in [-0.2, -0.15) is 0 Å². The summed E-state index contributed by atoms with van der Waals surface area (Å²) in [5, 5.41) is 9.76. The van der Waals surface area contributed by atoms with E-state index in [0.717, 1.165) is 24.1 Å². The van der Waals surface area contributed by atoms with Gasteiger partial charge in [-0.3, -0.25) is 0 Å². The standard InChI is InChI=1S/C16H16N2O/c1-2-4-12-6-8-13(9-7-12)14-11-18-10-3-5-15(19)16(18)17-14/h3,5-11,19H,2,4H2,1H3. The van der Waals surface area contributed by atoms with Crippen molar-refractivity contribution in [3.05, 3.63) is 54.4 Å². The van der Waals surface area contributed by atoms with Crippen LogP contribution in [0, 0.1) is 0 Å². The number of aryl methyl sites for hydroxylation is 1. The second-order valence-corrected chi connectivity index (χ2v) is 4.70. The molecular weight excluding hydrogens is 236 g/mol. The number of benzene rings is 1. The minimum absolute atomic E-state index is 0.205. The highest BCUT2D eigenvalue weighted by Crippen LogP contribution is 2.23. The lowest BCUT2D eigenvalue weighted by Crippen LogP contribution is -1.83. The van der Waals surface area contributed by atoms with Gasteiger partial charge in [-0.1, -0.05) is 37.6 Å². The first-order valence-electron chi connectivity index (χ1n) is 6.54. The van der Waals surface area contributed by atoms with Gasteiger partial charge in [0.15, 0.2) is 11.4 Å². The number of aromatic hydroxyl groups is 1. The SMILES string of the molecule is CCCc1ccc(-c2cn3cccc(O)c3n2)cc1. The Balaban J connectivity index is 2.01. The number of aromatic nitrogens is 2. The van der Waals surface area contributed by atoms with Crippen molar-refractivity contribution in [1.29, 1.82) is 0 Å². The highest BCUT2D eigenvalue weighted by Gasteiger charge is 2.07. The zero-order chi connectivity index (χ0) is 13.2. The Morgan fingerprint density at radius 2 is 1.95 bits per heavy atom. The monoisotopic (exact) mass is 252 g/mol. The summed E-state index contributed by atoms with van der Waals surface area (Å²) in [6, 6.07) is 11.9. The van der Waals surface area contributed by atoms with E-state index in [1.54, 1.807) is 12.1 Å². The Hall–Kier alpha value is -2.29. The molecule has 2 aromatic heterocycles. The maximum absolute atomic E-state index is 9.76. The molecule has 1 aromatic carbocycles. The molecule has 96 valence electrons. The predicted molar refractivity (Wildman–Crippen MR) is 76.3 cm³/mol. The van der Waals surface area contributed by atoms with E-state index in [0.29, 0.717) is 5.65 Å². The van der Waals surface area contributed by atoms with Crippen molar-refractivity contribution in [1.82, 2.24) is 9.38 Å². The Kier molecular flexibility index (Phi) is 2.95. The molecule has 3 rings (SSSR count). The number of nitrogens with zero attached hydrogens (tertiary/aromatic N) is 2. The summed E-state index contributed by atoms with van der Waals surface area (Å²) in [6.45, 7) is 2.18. The second-order valence-electron chi connectivity index (χ2n) is 4.70. The van der Waals surface area contributed by atoms with E-state index in [1.165, 1.54) is 5.56 Å². The van der Waals surface area contributed by atoms with Crippen molar-refractivity contribution in [3.8, 4) is 17.0 Å².